The molecular weight excluding hydrogens is 308 g/mol. The van der Waals surface area contributed by atoms with Crippen molar-refractivity contribution in [1.82, 2.24) is 0 Å². The van der Waals surface area contributed by atoms with Crippen molar-refractivity contribution >= 4 is 23.6 Å². The number of hydrogen-bond acceptors (Lipinski definition) is 3. The van der Waals surface area contributed by atoms with Gasteiger partial charge in [0.15, 0.2) is 0 Å². The predicted molar refractivity (Wildman–Crippen MR) is 95.8 cm³/mol. The zero-order chi connectivity index (χ0) is 17.8. The first-order chi connectivity index (χ1) is 11.5. The molecule has 0 saturated carbocycles. The molecule has 0 atom stereocenters. The maximum absolute atomic E-state index is 11.9. The molecule has 134 valence electrons. The van der Waals surface area contributed by atoms with Crippen molar-refractivity contribution in [2.24, 2.45) is 0 Å². The number of amides is 2. The molecular formula is C18H28N2O4. The van der Waals surface area contributed by atoms with Crippen LogP contribution in [0.3, 0.4) is 0 Å². The molecule has 0 aliphatic heterocycles. The minimum atomic E-state index is -1.18. The molecule has 0 fully saturated rings. The third kappa shape index (κ3) is 7.85. The van der Waals surface area contributed by atoms with Gasteiger partial charge in [-0.15, -0.1) is 0 Å². The molecule has 0 saturated heterocycles. The molecule has 0 unspecified atom stereocenters. The Morgan fingerprint density at radius 2 is 1.71 bits per heavy atom. The first-order valence-electron chi connectivity index (χ1n) is 8.58. The molecule has 0 spiro atoms. The molecule has 0 bridgehead atoms. The molecule has 3 N–H and O–H groups in total. The van der Waals surface area contributed by atoms with Crippen molar-refractivity contribution in [3.63, 3.8) is 0 Å². The van der Waals surface area contributed by atoms with E-state index < -0.39 is 12.2 Å². The highest BCUT2D eigenvalue weighted by Crippen LogP contribution is 2.25. The Hall–Kier alpha value is -2.24. The average Bonchev–Trinajstić information content (AvgIpc) is 2.53. The summed E-state index contributed by atoms with van der Waals surface area (Å²) in [7, 11) is 0. The summed E-state index contributed by atoms with van der Waals surface area (Å²) in [4.78, 5) is 22.7. The van der Waals surface area contributed by atoms with Gasteiger partial charge in [-0.2, -0.15) is 0 Å². The van der Waals surface area contributed by atoms with Crippen molar-refractivity contribution < 1.29 is 19.4 Å². The summed E-state index contributed by atoms with van der Waals surface area (Å²) in [6, 6.07) is 5.10. The van der Waals surface area contributed by atoms with Gasteiger partial charge in [0.2, 0.25) is 0 Å². The number of carbonyl (C=O) groups excluding carboxylic acids is 1. The van der Waals surface area contributed by atoms with Gasteiger partial charge in [0.25, 0.3) is 0 Å². The minimum absolute atomic E-state index is 0.329. The fourth-order valence-electron chi connectivity index (χ4n) is 2.42. The van der Waals surface area contributed by atoms with Crippen LogP contribution in [0.25, 0.3) is 0 Å². The number of para-hydroxylation sites is 1. The van der Waals surface area contributed by atoms with Crippen LogP contribution in [0.1, 0.15) is 57.4 Å². The van der Waals surface area contributed by atoms with E-state index in [4.69, 9.17) is 9.84 Å². The van der Waals surface area contributed by atoms with Crippen molar-refractivity contribution in [1.29, 1.82) is 0 Å². The van der Waals surface area contributed by atoms with Crippen LogP contribution in [0.15, 0.2) is 18.2 Å². The number of ether oxygens (including phenoxy) is 1. The van der Waals surface area contributed by atoms with Crippen molar-refractivity contribution in [3.8, 4) is 0 Å². The maximum Gasteiger partial charge on any atom is 0.411 e. The minimum Gasteiger partial charge on any atom is -0.465 e. The average molecular weight is 336 g/mol. The van der Waals surface area contributed by atoms with Crippen molar-refractivity contribution in [2.45, 2.75) is 58.8 Å². The fourth-order valence-corrected chi connectivity index (χ4v) is 2.42. The van der Waals surface area contributed by atoms with Gasteiger partial charge in [-0.1, -0.05) is 57.6 Å². The predicted octanol–water partition coefficient (Wildman–Crippen LogP) is 5.38. The van der Waals surface area contributed by atoms with Crippen LogP contribution < -0.4 is 10.6 Å². The van der Waals surface area contributed by atoms with Crippen LogP contribution in [0, 0.1) is 6.92 Å². The third-order valence-corrected chi connectivity index (χ3v) is 3.72. The molecule has 1 aromatic rings. The highest BCUT2D eigenvalue weighted by molar-refractivity contribution is 5.95. The molecule has 6 nitrogen and oxygen atoms in total. The zero-order valence-corrected chi connectivity index (χ0v) is 14.6. The second-order valence-corrected chi connectivity index (χ2v) is 5.81. The van der Waals surface area contributed by atoms with Crippen LogP contribution in [-0.4, -0.2) is 23.9 Å². The fraction of sp³-hybridized carbons (Fsp3) is 0.556. The third-order valence-electron chi connectivity index (χ3n) is 3.72. The summed E-state index contributed by atoms with van der Waals surface area (Å²) < 4.78 is 5.16. The van der Waals surface area contributed by atoms with Crippen LogP contribution in [0.5, 0.6) is 0 Å². The lowest BCUT2D eigenvalue weighted by Gasteiger charge is -2.13. The van der Waals surface area contributed by atoms with Crippen molar-refractivity contribution in [3.05, 3.63) is 23.8 Å². The van der Waals surface area contributed by atoms with Crippen LogP contribution in [0.2, 0.25) is 0 Å². The number of anilines is 2. The highest BCUT2D eigenvalue weighted by atomic mass is 16.5. The molecule has 1 rings (SSSR count). The van der Waals surface area contributed by atoms with Gasteiger partial charge < -0.3 is 9.84 Å². The second kappa shape index (κ2) is 11.3. The summed E-state index contributed by atoms with van der Waals surface area (Å²) in [5, 5.41) is 13.7. The Kier molecular flexibility index (Phi) is 9.34. The molecule has 0 aliphatic carbocycles. The van der Waals surface area contributed by atoms with Gasteiger partial charge in [0.1, 0.15) is 0 Å². The quantitative estimate of drug-likeness (QED) is 0.500. The van der Waals surface area contributed by atoms with E-state index in [9.17, 15) is 9.59 Å². The second-order valence-electron chi connectivity index (χ2n) is 5.81. The van der Waals surface area contributed by atoms with Gasteiger partial charge in [-0.05, 0) is 25.0 Å². The van der Waals surface area contributed by atoms with Gasteiger partial charge in [-0.25, -0.2) is 9.59 Å². The largest absolute Gasteiger partial charge is 0.465 e. The van der Waals surface area contributed by atoms with Gasteiger partial charge in [0.05, 0.1) is 18.0 Å². The van der Waals surface area contributed by atoms with E-state index in [1.54, 1.807) is 25.1 Å². The molecule has 0 aliphatic rings. The van der Waals surface area contributed by atoms with Crippen LogP contribution in [-0.2, 0) is 4.74 Å². The van der Waals surface area contributed by atoms with E-state index in [1.807, 2.05) is 0 Å². The molecule has 0 heterocycles. The van der Waals surface area contributed by atoms with E-state index in [-0.39, 0.29) is 0 Å². The smallest absolute Gasteiger partial charge is 0.411 e. The van der Waals surface area contributed by atoms with Gasteiger partial charge >= 0.3 is 12.2 Å². The Bertz CT molecular complexity index is 532. The van der Waals surface area contributed by atoms with E-state index in [0.717, 1.165) is 24.8 Å². The summed E-state index contributed by atoms with van der Waals surface area (Å²) >= 11 is 0. The first kappa shape index (κ1) is 19.8. The Morgan fingerprint density at radius 3 is 2.38 bits per heavy atom. The molecule has 0 radical (unpaired) electrons. The van der Waals surface area contributed by atoms with E-state index in [0.29, 0.717) is 18.0 Å². The number of unbranched alkanes of at least 4 members (excludes halogenated alkanes) is 6. The maximum atomic E-state index is 11.9. The summed E-state index contributed by atoms with van der Waals surface area (Å²) in [6.45, 7) is 4.35. The molecule has 2 amide bonds. The standard InChI is InChI=1S/C18H28N2O4/c1-3-4-5-6-7-8-9-13-24-18(23)20-16-14(2)11-10-12-15(16)19-17(21)22/h10-12,19H,3-9,13H2,1-2H3,(H,20,23)(H,21,22). The summed E-state index contributed by atoms with van der Waals surface area (Å²) in [5.41, 5.74) is 1.51. The number of hydrogen-bond donors (Lipinski definition) is 3. The normalized spacial score (nSPS) is 10.2. The lowest BCUT2D eigenvalue weighted by Crippen LogP contribution is -2.17. The molecule has 24 heavy (non-hydrogen) atoms. The number of carboxylic acid groups (broad SMARTS) is 1. The summed E-state index contributed by atoms with van der Waals surface area (Å²) in [6.07, 6.45) is 6.32. The van der Waals surface area contributed by atoms with E-state index >= 15 is 0 Å². The van der Waals surface area contributed by atoms with Crippen LogP contribution in [0.4, 0.5) is 21.0 Å². The molecule has 0 aromatic heterocycles. The number of nitrogens with one attached hydrogen (secondary N) is 2. The zero-order valence-electron chi connectivity index (χ0n) is 14.6. The SMILES string of the molecule is CCCCCCCCCOC(=O)Nc1c(C)cccc1NC(=O)O. The number of rotatable bonds is 10. The topological polar surface area (TPSA) is 87.7 Å². The van der Waals surface area contributed by atoms with Crippen molar-refractivity contribution in [2.75, 3.05) is 17.2 Å². The number of benzene rings is 1. The Labute approximate surface area is 143 Å². The van der Waals surface area contributed by atoms with E-state index in [1.165, 1.54) is 25.7 Å². The highest BCUT2D eigenvalue weighted by Gasteiger charge is 2.11. The number of carbonyl (C=O) groups is 2. The summed E-state index contributed by atoms with van der Waals surface area (Å²) in [5.74, 6) is 0. The van der Waals surface area contributed by atoms with Crippen LogP contribution >= 0.6 is 0 Å². The molecule has 1 aromatic carbocycles. The number of aryl methyl sites for hydroxylation is 1. The molecule has 6 heteroatoms. The van der Waals surface area contributed by atoms with Gasteiger partial charge in [0, 0.05) is 0 Å². The van der Waals surface area contributed by atoms with Gasteiger partial charge in [-0.3, -0.25) is 10.6 Å². The Balaban J connectivity index is 2.34. The monoisotopic (exact) mass is 336 g/mol. The Morgan fingerprint density at radius 1 is 1.04 bits per heavy atom. The van der Waals surface area contributed by atoms with E-state index in [2.05, 4.69) is 17.6 Å². The lowest BCUT2D eigenvalue weighted by molar-refractivity contribution is 0.159. The lowest BCUT2D eigenvalue weighted by atomic mass is 10.1. The first-order valence-corrected chi connectivity index (χ1v) is 8.58.